The largest absolute Gasteiger partial charge is 0.491 e. The van der Waals surface area contributed by atoms with Gasteiger partial charge >= 0.3 is 6.03 Å². The van der Waals surface area contributed by atoms with Gasteiger partial charge in [-0.1, -0.05) is 24.3 Å². The molecular formula is C21H28FN3O2. The molecule has 0 spiro atoms. The van der Waals surface area contributed by atoms with Gasteiger partial charge in [0.2, 0.25) is 0 Å². The van der Waals surface area contributed by atoms with Crippen LogP contribution in [0.5, 0.6) is 5.75 Å². The van der Waals surface area contributed by atoms with Crippen LogP contribution < -0.4 is 15.4 Å². The van der Waals surface area contributed by atoms with Crippen molar-refractivity contribution in [1.82, 2.24) is 15.5 Å². The Morgan fingerprint density at radius 2 is 1.85 bits per heavy atom. The van der Waals surface area contributed by atoms with Crippen molar-refractivity contribution >= 4 is 6.03 Å². The number of nitrogens with one attached hydrogen (secondary N) is 2. The summed E-state index contributed by atoms with van der Waals surface area (Å²) >= 11 is 0. The number of carbonyl (C=O) groups excluding carboxylic acids is 1. The third-order valence-corrected chi connectivity index (χ3v) is 4.04. The van der Waals surface area contributed by atoms with Gasteiger partial charge in [0.15, 0.2) is 0 Å². The average Bonchev–Trinajstić information content (AvgIpc) is 2.60. The molecule has 1 unspecified atom stereocenters. The molecule has 0 saturated carbocycles. The lowest BCUT2D eigenvalue weighted by Crippen LogP contribution is -2.40. The number of ether oxygens (including phenoxy) is 1. The fraction of sp³-hybridized carbons (Fsp3) is 0.381. The minimum absolute atomic E-state index is 0.0993. The van der Waals surface area contributed by atoms with E-state index in [0.717, 1.165) is 16.9 Å². The minimum atomic E-state index is -0.285. The Morgan fingerprint density at radius 3 is 2.52 bits per heavy atom. The van der Waals surface area contributed by atoms with Gasteiger partial charge in [0, 0.05) is 13.1 Å². The lowest BCUT2D eigenvalue weighted by Gasteiger charge is -2.25. The molecular weight excluding hydrogens is 345 g/mol. The molecule has 2 aromatic carbocycles. The number of rotatable bonds is 8. The van der Waals surface area contributed by atoms with E-state index in [0.29, 0.717) is 13.1 Å². The smallest absolute Gasteiger partial charge is 0.315 e. The Bertz CT molecular complexity index is 750. The van der Waals surface area contributed by atoms with E-state index in [-0.39, 0.29) is 24.0 Å². The standard InChI is InChI=1S/C21H28FN3O2/c1-15(2)27-19-10-5-7-16(11-19)13-23-21(26)24-14-20(25(3)4)17-8-6-9-18(22)12-17/h5-12,15,20H,13-14H2,1-4H3,(H2,23,24,26). The summed E-state index contributed by atoms with van der Waals surface area (Å²) in [6, 6.07) is 13.7. The van der Waals surface area contributed by atoms with Crippen LogP contribution in [0, 0.1) is 5.82 Å². The summed E-state index contributed by atoms with van der Waals surface area (Å²) in [4.78, 5) is 14.1. The van der Waals surface area contributed by atoms with Crippen LogP contribution in [0.15, 0.2) is 48.5 Å². The van der Waals surface area contributed by atoms with Gasteiger partial charge in [0.25, 0.3) is 0 Å². The Balaban J connectivity index is 1.88. The van der Waals surface area contributed by atoms with Crippen molar-refractivity contribution in [2.75, 3.05) is 20.6 Å². The van der Waals surface area contributed by atoms with Gasteiger partial charge in [0.1, 0.15) is 11.6 Å². The summed E-state index contributed by atoms with van der Waals surface area (Å²) in [5.41, 5.74) is 1.77. The molecule has 0 aliphatic carbocycles. The number of carbonyl (C=O) groups is 1. The molecule has 0 saturated heterocycles. The molecule has 1 atom stereocenters. The second-order valence-corrected chi connectivity index (χ2v) is 6.91. The lowest BCUT2D eigenvalue weighted by atomic mass is 10.1. The monoisotopic (exact) mass is 373 g/mol. The Hall–Kier alpha value is -2.60. The predicted molar refractivity (Wildman–Crippen MR) is 105 cm³/mol. The molecule has 146 valence electrons. The summed E-state index contributed by atoms with van der Waals surface area (Å²) in [7, 11) is 3.80. The first-order valence-electron chi connectivity index (χ1n) is 9.04. The van der Waals surface area contributed by atoms with Gasteiger partial charge in [-0.15, -0.1) is 0 Å². The zero-order valence-corrected chi connectivity index (χ0v) is 16.3. The summed E-state index contributed by atoms with van der Waals surface area (Å²) in [5, 5.41) is 5.69. The predicted octanol–water partition coefficient (Wildman–Crippen LogP) is 3.72. The van der Waals surface area contributed by atoms with Crippen molar-refractivity contribution in [3.05, 3.63) is 65.5 Å². The van der Waals surface area contributed by atoms with Crippen LogP contribution in [0.1, 0.15) is 31.0 Å². The number of likely N-dealkylation sites (N-methyl/N-ethyl adjacent to an activating group) is 1. The van der Waals surface area contributed by atoms with Crippen LogP contribution in [0.2, 0.25) is 0 Å². The molecule has 0 radical (unpaired) electrons. The molecule has 2 rings (SSSR count). The number of nitrogens with zero attached hydrogens (tertiary/aromatic N) is 1. The molecule has 0 aromatic heterocycles. The summed E-state index contributed by atoms with van der Waals surface area (Å²) in [6.07, 6.45) is 0.0993. The van der Waals surface area contributed by atoms with E-state index in [1.54, 1.807) is 6.07 Å². The topological polar surface area (TPSA) is 53.6 Å². The van der Waals surface area contributed by atoms with Gasteiger partial charge in [-0.25, -0.2) is 9.18 Å². The van der Waals surface area contributed by atoms with Crippen molar-refractivity contribution in [2.24, 2.45) is 0 Å². The molecule has 2 aromatic rings. The van der Waals surface area contributed by atoms with Crippen LogP contribution in [-0.2, 0) is 6.54 Å². The maximum Gasteiger partial charge on any atom is 0.315 e. The first-order chi connectivity index (χ1) is 12.8. The van der Waals surface area contributed by atoms with E-state index in [1.807, 2.05) is 63.2 Å². The third kappa shape index (κ3) is 6.90. The molecule has 2 N–H and O–H groups in total. The first kappa shape index (κ1) is 20.7. The van der Waals surface area contributed by atoms with Crippen molar-refractivity contribution in [3.63, 3.8) is 0 Å². The number of benzene rings is 2. The number of hydrogen-bond acceptors (Lipinski definition) is 3. The Kier molecular flexibility index (Phi) is 7.61. The number of hydrogen-bond donors (Lipinski definition) is 2. The van der Waals surface area contributed by atoms with Crippen LogP contribution in [0.25, 0.3) is 0 Å². The van der Waals surface area contributed by atoms with Crippen LogP contribution in [-0.4, -0.2) is 37.7 Å². The minimum Gasteiger partial charge on any atom is -0.491 e. The molecule has 6 heteroatoms. The molecule has 0 bridgehead atoms. The second kappa shape index (κ2) is 9.92. The van der Waals surface area contributed by atoms with Gasteiger partial charge in [-0.05, 0) is 63.3 Å². The van der Waals surface area contributed by atoms with E-state index in [9.17, 15) is 9.18 Å². The zero-order valence-electron chi connectivity index (χ0n) is 16.3. The van der Waals surface area contributed by atoms with Crippen molar-refractivity contribution < 1.29 is 13.9 Å². The molecule has 0 aliphatic rings. The SMILES string of the molecule is CC(C)Oc1cccc(CNC(=O)NCC(c2cccc(F)c2)N(C)C)c1. The van der Waals surface area contributed by atoms with Crippen molar-refractivity contribution in [3.8, 4) is 5.75 Å². The maximum absolute atomic E-state index is 13.5. The first-order valence-corrected chi connectivity index (χ1v) is 9.04. The van der Waals surface area contributed by atoms with Crippen molar-refractivity contribution in [2.45, 2.75) is 32.5 Å². The number of amides is 2. The van der Waals surface area contributed by atoms with E-state index in [2.05, 4.69) is 10.6 Å². The molecule has 27 heavy (non-hydrogen) atoms. The molecule has 5 nitrogen and oxygen atoms in total. The van der Waals surface area contributed by atoms with E-state index < -0.39 is 0 Å². The quantitative estimate of drug-likeness (QED) is 0.742. The second-order valence-electron chi connectivity index (χ2n) is 6.91. The van der Waals surface area contributed by atoms with Gasteiger partial charge in [0.05, 0.1) is 12.1 Å². The molecule has 2 amide bonds. The summed E-state index contributed by atoms with van der Waals surface area (Å²) in [6.45, 7) is 4.71. The number of urea groups is 1. The van der Waals surface area contributed by atoms with E-state index >= 15 is 0 Å². The fourth-order valence-electron chi connectivity index (χ4n) is 2.75. The molecule has 0 aliphatic heterocycles. The van der Waals surface area contributed by atoms with Gasteiger partial charge in [-0.3, -0.25) is 0 Å². The Morgan fingerprint density at radius 1 is 1.11 bits per heavy atom. The summed E-state index contributed by atoms with van der Waals surface area (Å²) < 4.78 is 19.1. The van der Waals surface area contributed by atoms with Crippen LogP contribution in [0.4, 0.5) is 9.18 Å². The van der Waals surface area contributed by atoms with Gasteiger partial charge in [-0.2, -0.15) is 0 Å². The van der Waals surface area contributed by atoms with Crippen LogP contribution in [0.3, 0.4) is 0 Å². The molecule has 0 heterocycles. The highest BCUT2D eigenvalue weighted by Gasteiger charge is 2.15. The zero-order chi connectivity index (χ0) is 19.8. The van der Waals surface area contributed by atoms with Gasteiger partial charge < -0.3 is 20.3 Å². The highest BCUT2D eigenvalue weighted by atomic mass is 19.1. The Labute approximate surface area is 160 Å². The van der Waals surface area contributed by atoms with E-state index in [4.69, 9.17) is 4.74 Å². The third-order valence-electron chi connectivity index (χ3n) is 4.04. The highest BCUT2D eigenvalue weighted by Crippen LogP contribution is 2.18. The lowest BCUT2D eigenvalue weighted by molar-refractivity contribution is 0.232. The number of halogens is 1. The van der Waals surface area contributed by atoms with Crippen molar-refractivity contribution in [1.29, 1.82) is 0 Å². The van der Waals surface area contributed by atoms with E-state index in [1.165, 1.54) is 12.1 Å². The molecule has 0 fully saturated rings. The normalized spacial score (nSPS) is 12.1. The maximum atomic E-state index is 13.5. The fourth-order valence-corrected chi connectivity index (χ4v) is 2.75. The van der Waals surface area contributed by atoms with Crippen LogP contribution >= 0.6 is 0 Å². The highest BCUT2D eigenvalue weighted by molar-refractivity contribution is 5.73. The average molecular weight is 373 g/mol. The summed E-state index contributed by atoms with van der Waals surface area (Å²) in [5.74, 6) is 0.496.